The van der Waals surface area contributed by atoms with E-state index in [9.17, 15) is 30.0 Å². The van der Waals surface area contributed by atoms with E-state index in [1.165, 1.54) is 28.4 Å². The minimum absolute atomic E-state index is 0.0479. The van der Waals surface area contributed by atoms with Gasteiger partial charge in [0.25, 0.3) is 10.0 Å². The summed E-state index contributed by atoms with van der Waals surface area (Å²) in [6, 6.07) is 3.79. The number of hydrogen-bond donors (Lipinski definition) is 1. The molecule has 0 saturated carbocycles. The van der Waals surface area contributed by atoms with E-state index in [1.807, 2.05) is 0 Å². The van der Waals surface area contributed by atoms with Gasteiger partial charge in [-0.3, -0.25) is 4.52 Å². The number of hydrogen-bond acceptors (Lipinski definition) is 15. The van der Waals surface area contributed by atoms with Crippen molar-refractivity contribution in [3.05, 3.63) is 24.3 Å². The molecule has 1 aromatic carbocycles. The van der Waals surface area contributed by atoms with E-state index in [0.717, 1.165) is 24.3 Å². The first-order chi connectivity index (χ1) is 22.6. The van der Waals surface area contributed by atoms with Crippen LogP contribution in [-0.2, 0) is 62.0 Å². The van der Waals surface area contributed by atoms with Crippen molar-refractivity contribution in [2.75, 3.05) is 114 Å². The molecule has 0 saturated heterocycles. The highest BCUT2D eigenvalue weighted by molar-refractivity contribution is 8.05. The Balaban J connectivity index is 3.40. The highest BCUT2D eigenvalue weighted by Crippen LogP contribution is 2.64. The molecule has 17 nitrogen and oxygen atoms in total. The van der Waals surface area contributed by atoms with E-state index >= 15 is 0 Å². The largest absolute Gasteiger partial charge is 0.512 e. The van der Waals surface area contributed by atoms with E-state index in [0.29, 0.717) is 37.2 Å². The van der Waals surface area contributed by atoms with Crippen LogP contribution < -0.4 is 8.65 Å². The van der Waals surface area contributed by atoms with Gasteiger partial charge in [0.1, 0.15) is 5.75 Å². The summed E-state index contributed by atoms with van der Waals surface area (Å²) < 4.78 is 151. The second kappa shape index (κ2) is 22.6. The fourth-order valence-corrected chi connectivity index (χ4v) is 10.0. The van der Waals surface area contributed by atoms with Crippen molar-refractivity contribution in [2.24, 2.45) is 9.26 Å². The molecule has 0 aromatic heterocycles. The lowest BCUT2D eigenvalue weighted by Gasteiger charge is -2.26. The lowest BCUT2D eigenvalue weighted by molar-refractivity contribution is -0.0441. The van der Waals surface area contributed by atoms with Gasteiger partial charge in [-0.2, -0.15) is 17.7 Å². The van der Waals surface area contributed by atoms with Crippen molar-refractivity contribution >= 4 is 35.2 Å². The summed E-state index contributed by atoms with van der Waals surface area (Å²) in [6.45, 7) is 4.00. The first kappa shape index (κ1) is 44.8. The summed E-state index contributed by atoms with van der Waals surface area (Å²) in [7, 11) is -12.3. The topological polar surface area (TPSA) is 197 Å². The second-order valence-corrected chi connectivity index (χ2v) is 17.3. The smallest absolute Gasteiger partial charge is 0.422 e. The molecule has 0 spiro atoms. The normalized spacial score (nSPS) is 14.1. The molecule has 0 fully saturated rings. The molecule has 0 amide bonds. The zero-order valence-electron chi connectivity index (χ0n) is 27.2. The summed E-state index contributed by atoms with van der Waals surface area (Å²) in [5.41, 5.74) is -5.85. The summed E-state index contributed by atoms with van der Waals surface area (Å²) in [6.07, 6.45) is 0. The Bertz CT molecular complexity index is 1370. The van der Waals surface area contributed by atoms with Crippen molar-refractivity contribution in [3.63, 3.8) is 0 Å². The van der Waals surface area contributed by atoms with Gasteiger partial charge in [-0.1, -0.05) is 4.13 Å². The molecule has 0 heterocycles. The van der Waals surface area contributed by atoms with E-state index in [1.54, 1.807) is 6.66 Å². The molecular formula is C24H44F3N3O14P2S2. The van der Waals surface area contributed by atoms with Gasteiger partial charge in [-0.05, 0) is 24.3 Å². The van der Waals surface area contributed by atoms with E-state index in [2.05, 4.69) is 4.74 Å². The first-order valence-corrected chi connectivity index (χ1v) is 20.5. The first-order valence-electron chi connectivity index (χ1n) is 14.0. The quantitative estimate of drug-likeness (QED) is 0.101. The van der Waals surface area contributed by atoms with Crippen LogP contribution in [0.3, 0.4) is 0 Å². The highest BCUT2D eigenvalue weighted by atomic mass is 32.3. The Morgan fingerprint density at radius 1 is 0.688 bits per heavy atom. The lowest BCUT2D eigenvalue weighted by atomic mass is 10.3. The molecule has 48 heavy (non-hydrogen) atoms. The summed E-state index contributed by atoms with van der Waals surface area (Å²) in [5.74, 6) is -0.0760. The Morgan fingerprint density at radius 3 is 1.50 bits per heavy atom. The third kappa shape index (κ3) is 17.1. The molecule has 282 valence electrons. The zero-order valence-corrected chi connectivity index (χ0v) is 30.7. The SMILES string of the molecule is CN=P(N=P(C)(OCCOCCOC)OCCOCCOC)(OCCOCCOC)Oc1ccc(S(=O)(=O)NS(=O)(=O)C(F)(F)F)cc1. The van der Waals surface area contributed by atoms with Crippen LogP contribution in [0.5, 0.6) is 5.75 Å². The molecule has 0 aliphatic rings. The molecule has 0 bridgehead atoms. The monoisotopic (exact) mass is 781 g/mol. The molecule has 1 rings (SSSR count). The van der Waals surface area contributed by atoms with Gasteiger partial charge >= 0.3 is 23.2 Å². The van der Waals surface area contributed by atoms with Gasteiger partial charge in [0.05, 0.1) is 84.2 Å². The number of alkyl halides is 3. The van der Waals surface area contributed by atoms with Gasteiger partial charge in [0, 0.05) is 35.0 Å². The summed E-state index contributed by atoms with van der Waals surface area (Å²) >= 11 is 0. The van der Waals surface area contributed by atoms with E-state index in [4.69, 9.17) is 51.0 Å². The molecule has 1 aromatic rings. The molecule has 1 unspecified atom stereocenters. The van der Waals surface area contributed by atoms with Gasteiger partial charge in [-0.25, -0.2) is 21.6 Å². The maximum Gasteiger partial charge on any atom is 0.512 e. The van der Waals surface area contributed by atoms with Crippen molar-refractivity contribution < 1.29 is 76.5 Å². The van der Waals surface area contributed by atoms with Gasteiger partial charge in [0.15, 0.2) is 0 Å². The molecule has 0 aliphatic heterocycles. The average Bonchev–Trinajstić information content (AvgIpc) is 3.01. The Morgan fingerprint density at radius 2 is 1.10 bits per heavy atom. The van der Waals surface area contributed by atoms with Crippen LogP contribution in [0.25, 0.3) is 0 Å². The molecule has 1 atom stereocenters. The van der Waals surface area contributed by atoms with Crippen molar-refractivity contribution in [3.8, 4) is 5.75 Å². The molecule has 0 radical (unpaired) electrons. The van der Waals surface area contributed by atoms with Gasteiger partial charge < -0.3 is 42.0 Å². The lowest BCUT2D eigenvalue weighted by Crippen LogP contribution is -2.40. The number of benzene rings is 1. The maximum absolute atomic E-state index is 12.8. The summed E-state index contributed by atoms with van der Waals surface area (Å²) in [4.78, 5) is -0.796. The van der Waals surface area contributed by atoms with Crippen LogP contribution in [0.15, 0.2) is 38.4 Å². The van der Waals surface area contributed by atoms with Crippen molar-refractivity contribution in [1.29, 1.82) is 0 Å². The van der Waals surface area contributed by atoms with Crippen molar-refractivity contribution in [1.82, 2.24) is 4.13 Å². The van der Waals surface area contributed by atoms with Crippen molar-refractivity contribution in [2.45, 2.75) is 10.4 Å². The molecule has 24 heteroatoms. The highest BCUT2D eigenvalue weighted by Gasteiger charge is 2.48. The third-order valence-corrected chi connectivity index (χ3v) is 13.6. The van der Waals surface area contributed by atoms with E-state index in [-0.39, 0.29) is 52.0 Å². The summed E-state index contributed by atoms with van der Waals surface area (Å²) in [5, 5.41) is 0. The van der Waals surface area contributed by atoms with Crippen LogP contribution in [-0.4, -0.2) is 137 Å². The molecular weight excluding hydrogens is 737 g/mol. The minimum atomic E-state index is -6.20. The Hall–Kier alpha value is -1.23. The number of ether oxygens (including phenoxy) is 6. The van der Waals surface area contributed by atoms with Gasteiger partial charge in [0.2, 0.25) is 7.51 Å². The number of halogens is 3. The average molecular weight is 782 g/mol. The van der Waals surface area contributed by atoms with Crippen LogP contribution in [0.4, 0.5) is 13.2 Å². The number of sulfonamides is 2. The fourth-order valence-electron chi connectivity index (χ4n) is 3.04. The number of nitrogens with one attached hydrogen (secondary N) is 1. The van der Waals surface area contributed by atoms with Crippen LogP contribution in [0, 0.1) is 0 Å². The number of rotatable bonds is 27. The Kier molecular flexibility index (Phi) is 21.1. The Labute approximate surface area is 279 Å². The van der Waals surface area contributed by atoms with Crippen LogP contribution in [0.1, 0.15) is 0 Å². The van der Waals surface area contributed by atoms with Gasteiger partial charge in [-0.15, -0.1) is 0 Å². The second-order valence-electron chi connectivity index (χ2n) is 9.00. The maximum atomic E-state index is 12.8. The fraction of sp³-hybridized carbons (Fsp3) is 0.750. The number of methoxy groups -OCH3 is 3. The predicted octanol–water partition coefficient (Wildman–Crippen LogP) is 3.47. The molecule has 1 N–H and O–H groups in total. The van der Waals surface area contributed by atoms with Crippen LogP contribution >= 0.6 is 15.2 Å². The third-order valence-electron chi connectivity index (χ3n) is 5.31. The number of nitrogens with zero attached hydrogens (tertiary/aromatic N) is 2. The van der Waals surface area contributed by atoms with E-state index < -0.39 is 45.6 Å². The molecule has 0 aliphatic carbocycles. The predicted molar refractivity (Wildman–Crippen MR) is 169 cm³/mol. The zero-order chi connectivity index (χ0) is 36.2. The van der Waals surface area contributed by atoms with Crippen LogP contribution in [0.2, 0.25) is 0 Å². The minimum Gasteiger partial charge on any atom is -0.422 e. The standard InChI is InChI=1S/C24H44F3N3O14P2S2/c1-28-46(43-21-18-40-15-12-37-4,29-45(5,41-19-16-38-13-10-35-2)42-20-17-39-14-11-36-3)44-22-6-8-23(9-7-22)47(31,32)30-48(33,34)24(25,26)27/h6-9,30H,10-21H2,1-5H3.